The number of nitrogens with one attached hydrogen (secondary N) is 1. The molecule has 1 aromatic carbocycles. The summed E-state index contributed by atoms with van der Waals surface area (Å²) in [7, 11) is 0. The Morgan fingerprint density at radius 2 is 1.89 bits per heavy atom. The summed E-state index contributed by atoms with van der Waals surface area (Å²) < 4.78 is 0. The standard InChI is InChI=1S/C13H10ClN3O/c1-8-15-13(14)12-11(17(8)18)7-10(16-12)9-5-3-2-4-6-9/h2-7,17H,1H3. The maximum absolute atomic E-state index is 12.0. The van der Waals surface area contributed by atoms with Crippen LogP contribution in [0.1, 0.15) is 12.5 Å². The van der Waals surface area contributed by atoms with Crippen molar-refractivity contribution in [1.29, 1.82) is 0 Å². The van der Waals surface area contributed by atoms with Crippen LogP contribution in [0.5, 0.6) is 0 Å². The monoisotopic (exact) mass is 259 g/mol. The fourth-order valence-corrected chi connectivity index (χ4v) is 2.22. The van der Waals surface area contributed by atoms with Crippen molar-refractivity contribution >= 4 is 23.1 Å². The molecule has 2 aliphatic heterocycles. The molecule has 0 aliphatic carbocycles. The predicted octanol–water partition coefficient (Wildman–Crippen LogP) is 1.60. The highest BCUT2D eigenvalue weighted by atomic mass is 35.5. The Bertz CT molecular complexity index is 629. The van der Waals surface area contributed by atoms with Crippen LogP contribution in [-0.4, -0.2) is 11.5 Å². The maximum atomic E-state index is 12.0. The third-order valence-electron chi connectivity index (χ3n) is 2.87. The van der Waals surface area contributed by atoms with Gasteiger partial charge in [0.2, 0.25) is 5.84 Å². The van der Waals surface area contributed by atoms with E-state index >= 15 is 0 Å². The number of amidine groups is 1. The zero-order valence-electron chi connectivity index (χ0n) is 9.64. The van der Waals surface area contributed by atoms with Gasteiger partial charge in [0.05, 0.1) is 5.71 Å². The summed E-state index contributed by atoms with van der Waals surface area (Å²) in [6.07, 6.45) is 1.77. The smallest absolute Gasteiger partial charge is 0.204 e. The Balaban J connectivity index is 2.09. The van der Waals surface area contributed by atoms with E-state index in [1.165, 1.54) is 0 Å². The number of quaternary nitrogens is 1. The molecule has 0 bridgehead atoms. The summed E-state index contributed by atoms with van der Waals surface area (Å²) in [4.78, 5) is 8.39. The normalized spacial score (nSPS) is 22.4. The van der Waals surface area contributed by atoms with Gasteiger partial charge in [-0.1, -0.05) is 41.9 Å². The highest BCUT2D eigenvalue weighted by Gasteiger charge is 2.29. The van der Waals surface area contributed by atoms with Crippen molar-refractivity contribution in [3.8, 4) is 0 Å². The molecule has 0 radical (unpaired) electrons. The van der Waals surface area contributed by atoms with Gasteiger partial charge in [-0.25, -0.2) is 4.99 Å². The van der Waals surface area contributed by atoms with Crippen molar-refractivity contribution in [3.05, 3.63) is 63.7 Å². The van der Waals surface area contributed by atoms with E-state index in [0.717, 1.165) is 11.3 Å². The second-order valence-electron chi connectivity index (χ2n) is 4.09. The van der Waals surface area contributed by atoms with E-state index in [2.05, 4.69) is 9.98 Å². The molecular weight excluding hydrogens is 250 g/mol. The SMILES string of the molecule is CC1=NC(Cl)=C2N=C(c3ccccc3)C=C2[NH+]1[O-]. The summed E-state index contributed by atoms with van der Waals surface area (Å²) in [5.74, 6) is 0.402. The van der Waals surface area contributed by atoms with Crippen LogP contribution in [0.2, 0.25) is 0 Å². The number of fused-ring (bicyclic) bond motifs is 1. The van der Waals surface area contributed by atoms with Gasteiger partial charge in [0.25, 0.3) is 0 Å². The van der Waals surface area contributed by atoms with Gasteiger partial charge >= 0.3 is 0 Å². The molecule has 0 saturated carbocycles. The number of benzene rings is 1. The number of hydrogen-bond acceptors (Lipinski definition) is 3. The fraction of sp³-hybridized carbons (Fsp3) is 0.0769. The molecule has 2 heterocycles. The average Bonchev–Trinajstić information content (AvgIpc) is 2.83. The van der Waals surface area contributed by atoms with E-state index in [1.807, 2.05) is 30.3 Å². The van der Waals surface area contributed by atoms with E-state index < -0.39 is 0 Å². The minimum atomic E-state index is -0.107. The van der Waals surface area contributed by atoms with E-state index in [9.17, 15) is 5.21 Å². The number of rotatable bonds is 1. The van der Waals surface area contributed by atoms with Crippen LogP contribution in [0.3, 0.4) is 0 Å². The van der Waals surface area contributed by atoms with Crippen molar-refractivity contribution < 1.29 is 5.06 Å². The Labute approximate surface area is 109 Å². The van der Waals surface area contributed by atoms with Crippen molar-refractivity contribution in [2.24, 2.45) is 9.98 Å². The Hall–Kier alpha value is -1.75. The second-order valence-corrected chi connectivity index (χ2v) is 4.44. The van der Waals surface area contributed by atoms with Gasteiger partial charge in [0.1, 0.15) is 0 Å². The van der Waals surface area contributed by atoms with Gasteiger partial charge < -0.3 is 5.21 Å². The Morgan fingerprint density at radius 1 is 1.17 bits per heavy atom. The molecular formula is C13H10ClN3O. The molecule has 90 valence electrons. The third kappa shape index (κ3) is 1.71. The molecule has 3 rings (SSSR count). The maximum Gasteiger partial charge on any atom is 0.204 e. The summed E-state index contributed by atoms with van der Waals surface area (Å²) in [6, 6.07) is 9.68. The second kappa shape index (κ2) is 4.17. The minimum absolute atomic E-state index is 0.107. The van der Waals surface area contributed by atoms with Crippen LogP contribution in [0, 0.1) is 5.21 Å². The van der Waals surface area contributed by atoms with E-state index in [0.29, 0.717) is 17.2 Å². The van der Waals surface area contributed by atoms with Gasteiger partial charge in [-0.3, -0.25) is 5.06 Å². The molecule has 1 N–H and O–H groups in total. The fourth-order valence-electron chi connectivity index (χ4n) is 1.95. The van der Waals surface area contributed by atoms with Crippen LogP contribution in [0.25, 0.3) is 0 Å². The zero-order chi connectivity index (χ0) is 12.7. The zero-order valence-corrected chi connectivity index (χ0v) is 10.4. The molecule has 0 saturated heterocycles. The molecule has 1 atom stereocenters. The predicted molar refractivity (Wildman–Crippen MR) is 71.4 cm³/mol. The molecule has 4 nitrogen and oxygen atoms in total. The highest BCUT2D eigenvalue weighted by Crippen LogP contribution is 2.26. The molecule has 0 spiro atoms. The molecule has 1 unspecified atom stereocenters. The lowest BCUT2D eigenvalue weighted by Crippen LogP contribution is -3.08. The average molecular weight is 260 g/mol. The van der Waals surface area contributed by atoms with Crippen LogP contribution in [0.4, 0.5) is 0 Å². The topological polar surface area (TPSA) is 52.2 Å². The number of hydroxylamine groups is 2. The summed E-state index contributed by atoms with van der Waals surface area (Å²) in [5.41, 5.74) is 2.72. The summed E-state index contributed by atoms with van der Waals surface area (Å²) in [5, 5.41) is 12.1. The van der Waals surface area contributed by atoms with Crippen molar-refractivity contribution in [3.63, 3.8) is 0 Å². The lowest BCUT2D eigenvalue weighted by atomic mass is 10.1. The number of aliphatic imine (C=N–C) groups is 2. The van der Waals surface area contributed by atoms with Gasteiger partial charge in [0.15, 0.2) is 16.6 Å². The van der Waals surface area contributed by atoms with Crippen molar-refractivity contribution in [2.45, 2.75) is 6.92 Å². The van der Waals surface area contributed by atoms with Crippen LogP contribution in [0.15, 0.2) is 62.9 Å². The molecule has 2 aliphatic rings. The van der Waals surface area contributed by atoms with Gasteiger partial charge in [0, 0.05) is 18.6 Å². The first-order valence-corrected chi connectivity index (χ1v) is 5.90. The van der Waals surface area contributed by atoms with Gasteiger partial charge in [-0.05, 0) is 0 Å². The highest BCUT2D eigenvalue weighted by molar-refractivity contribution is 6.31. The minimum Gasteiger partial charge on any atom is -0.622 e. The number of allylic oxidation sites excluding steroid dienone is 1. The lowest BCUT2D eigenvalue weighted by Gasteiger charge is -2.24. The Morgan fingerprint density at radius 3 is 2.61 bits per heavy atom. The summed E-state index contributed by atoms with van der Waals surface area (Å²) in [6.45, 7) is 1.66. The van der Waals surface area contributed by atoms with E-state index in [1.54, 1.807) is 13.0 Å². The van der Waals surface area contributed by atoms with Crippen molar-refractivity contribution in [2.75, 3.05) is 0 Å². The van der Waals surface area contributed by atoms with Gasteiger partial charge in [-0.15, -0.1) is 0 Å². The van der Waals surface area contributed by atoms with Crippen LogP contribution < -0.4 is 5.06 Å². The van der Waals surface area contributed by atoms with Crippen LogP contribution >= 0.6 is 11.6 Å². The molecule has 18 heavy (non-hydrogen) atoms. The molecule has 0 fully saturated rings. The molecule has 1 aromatic rings. The first-order chi connectivity index (χ1) is 8.66. The molecule has 0 amide bonds. The lowest BCUT2D eigenvalue weighted by molar-refractivity contribution is -0.699. The largest absolute Gasteiger partial charge is 0.622 e. The van der Waals surface area contributed by atoms with Crippen LogP contribution in [-0.2, 0) is 0 Å². The summed E-state index contributed by atoms with van der Waals surface area (Å²) >= 11 is 6.02. The number of hydrogen-bond donors (Lipinski definition) is 1. The quantitative estimate of drug-likeness (QED) is 0.604. The third-order valence-corrected chi connectivity index (χ3v) is 3.14. The first kappa shape index (κ1) is 11.3. The first-order valence-electron chi connectivity index (χ1n) is 5.53. The number of nitrogens with zero attached hydrogens (tertiary/aromatic N) is 2. The Kier molecular flexibility index (Phi) is 2.63. The van der Waals surface area contributed by atoms with Gasteiger partial charge in [-0.2, -0.15) is 4.99 Å². The van der Waals surface area contributed by atoms with Crippen molar-refractivity contribution in [1.82, 2.24) is 0 Å². The molecule has 5 heteroatoms. The van der Waals surface area contributed by atoms with E-state index in [-0.39, 0.29) is 10.2 Å². The van der Waals surface area contributed by atoms with E-state index in [4.69, 9.17) is 11.6 Å². The number of halogens is 1. The molecule has 0 aromatic heterocycles.